The standard InChI is InChI=1S/C23H22N2O5/c1-15-19(24-22(29-15)17-5-3-2-4-6-17)13-14-28-18-10-7-16(8-11-18)9-12-20-21(26)25-23(27)30-20/h2-8,10-11,26H,9,12-14H2,1H3,(H,25,27). The SMILES string of the molecule is Cc1oc(-c2ccccc2)nc1CCOc1ccc(CCc2oc(=O)[nH]c2O)cc1. The van der Waals surface area contributed by atoms with Crippen molar-refractivity contribution < 1.29 is 18.7 Å². The summed E-state index contributed by atoms with van der Waals surface area (Å²) >= 11 is 0. The van der Waals surface area contributed by atoms with Crippen LogP contribution in [0.5, 0.6) is 11.6 Å². The molecule has 0 aliphatic rings. The highest BCUT2D eigenvalue weighted by atomic mass is 16.5. The lowest BCUT2D eigenvalue weighted by molar-refractivity contribution is 0.320. The van der Waals surface area contributed by atoms with Crippen LogP contribution in [0.25, 0.3) is 11.5 Å². The van der Waals surface area contributed by atoms with Gasteiger partial charge in [0, 0.05) is 18.4 Å². The zero-order chi connectivity index (χ0) is 20.9. The average molecular weight is 406 g/mol. The maximum absolute atomic E-state index is 11.1. The van der Waals surface area contributed by atoms with Gasteiger partial charge in [-0.05, 0) is 43.2 Å². The number of hydrogen-bond donors (Lipinski definition) is 2. The van der Waals surface area contributed by atoms with Crippen molar-refractivity contribution in [3.05, 3.63) is 87.9 Å². The van der Waals surface area contributed by atoms with Crippen LogP contribution in [0, 0.1) is 6.92 Å². The summed E-state index contributed by atoms with van der Waals surface area (Å²) in [6, 6.07) is 17.5. The first-order valence-corrected chi connectivity index (χ1v) is 9.73. The Labute approximate surface area is 173 Å². The van der Waals surface area contributed by atoms with E-state index in [1.807, 2.05) is 61.5 Å². The second-order valence-electron chi connectivity index (χ2n) is 6.92. The van der Waals surface area contributed by atoms with Gasteiger partial charge >= 0.3 is 5.76 Å². The maximum Gasteiger partial charge on any atom is 0.419 e. The second-order valence-corrected chi connectivity index (χ2v) is 6.92. The summed E-state index contributed by atoms with van der Waals surface area (Å²) in [5.74, 6) is 1.59. The summed E-state index contributed by atoms with van der Waals surface area (Å²) in [5.41, 5.74) is 2.89. The van der Waals surface area contributed by atoms with Crippen LogP contribution in [0.1, 0.15) is 22.8 Å². The van der Waals surface area contributed by atoms with Crippen molar-refractivity contribution >= 4 is 0 Å². The highest BCUT2D eigenvalue weighted by Crippen LogP contribution is 2.22. The summed E-state index contributed by atoms with van der Waals surface area (Å²) in [4.78, 5) is 17.8. The number of aryl methyl sites for hydroxylation is 3. The van der Waals surface area contributed by atoms with E-state index in [9.17, 15) is 9.90 Å². The molecule has 0 spiro atoms. The molecule has 7 heteroatoms. The number of H-pyrrole nitrogens is 1. The lowest BCUT2D eigenvalue weighted by Crippen LogP contribution is -2.03. The molecule has 0 saturated carbocycles. The van der Waals surface area contributed by atoms with Gasteiger partial charge < -0.3 is 18.7 Å². The van der Waals surface area contributed by atoms with E-state index in [-0.39, 0.29) is 11.6 Å². The van der Waals surface area contributed by atoms with E-state index < -0.39 is 5.76 Å². The fourth-order valence-electron chi connectivity index (χ4n) is 3.16. The molecule has 0 fully saturated rings. The van der Waals surface area contributed by atoms with Gasteiger partial charge in [-0.2, -0.15) is 0 Å². The minimum absolute atomic E-state index is 0.210. The Balaban J connectivity index is 1.29. The lowest BCUT2D eigenvalue weighted by atomic mass is 10.1. The summed E-state index contributed by atoms with van der Waals surface area (Å²) in [7, 11) is 0. The fourth-order valence-corrected chi connectivity index (χ4v) is 3.16. The molecule has 30 heavy (non-hydrogen) atoms. The fraction of sp³-hybridized carbons (Fsp3) is 0.217. The van der Waals surface area contributed by atoms with Crippen molar-refractivity contribution in [2.24, 2.45) is 0 Å². The number of oxazole rings is 2. The largest absolute Gasteiger partial charge is 0.493 e. The number of aromatic nitrogens is 2. The van der Waals surface area contributed by atoms with E-state index in [2.05, 4.69) is 9.97 Å². The predicted molar refractivity (Wildman–Crippen MR) is 111 cm³/mol. The van der Waals surface area contributed by atoms with Gasteiger partial charge in [0.05, 0.1) is 12.3 Å². The number of aromatic amines is 1. The third kappa shape index (κ3) is 4.63. The van der Waals surface area contributed by atoms with Gasteiger partial charge in [0.25, 0.3) is 0 Å². The number of aromatic hydroxyl groups is 1. The topological polar surface area (TPSA) is 101 Å². The summed E-state index contributed by atoms with van der Waals surface area (Å²) < 4.78 is 16.5. The zero-order valence-corrected chi connectivity index (χ0v) is 16.6. The van der Waals surface area contributed by atoms with Gasteiger partial charge in [0.2, 0.25) is 11.8 Å². The maximum atomic E-state index is 11.1. The molecular weight excluding hydrogens is 384 g/mol. The van der Waals surface area contributed by atoms with Crippen molar-refractivity contribution in [2.45, 2.75) is 26.2 Å². The molecule has 4 aromatic rings. The molecule has 2 N–H and O–H groups in total. The molecule has 2 aromatic carbocycles. The van der Waals surface area contributed by atoms with Crippen LogP contribution in [-0.2, 0) is 19.3 Å². The van der Waals surface area contributed by atoms with Crippen molar-refractivity contribution in [2.75, 3.05) is 6.61 Å². The predicted octanol–water partition coefficient (Wildman–Crippen LogP) is 4.04. The van der Waals surface area contributed by atoms with Crippen LogP contribution < -0.4 is 10.5 Å². The molecule has 0 amide bonds. The molecular formula is C23H22N2O5. The molecule has 7 nitrogen and oxygen atoms in total. The van der Waals surface area contributed by atoms with Gasteiger partial charge in [-0.1, -0.05) is 30.3 Å². The molecule has 4 rings (SSSR count). The van der Waals surface area contributed by atoms with Gasteiger partial charge in [-0.3, -0.25) is 4.98 Å². The third-order valence-corrected chi connectivity index (χ3v) is 4.79. The first-order valence-electron chi connectivity index (χ1n) is 9.73. The molecule has 0 aliphatic heterocycles. The van der Waals surface area contributed by atoms with Gasteiger partial charge in [-0.25, -0.2) is 9.78 Å². The summed E-state index contributed by atoms with van der Waals surface area (Å²) in [6.07, 6.45) is 1.71. The molecule has 2 aromatic heterocycles. The smallest absolute Gasteiger partial charge is 0.419 e. The van der Waals surface area contributed by atoms with Crippen molar-refractivity contribution in [3.8, 4) is 23.1 Å². The van der Waals surface area contributed by atoms with E-state index in [0.717, 1.165) is 28.3 Å². The Bertz CT molecular complexity index is 1160. The molecule has 0 atom stereocenters. The van der Waals surface area contributed by atoms with Crippen LogP contribution in [0.3, 0.4) is 0 Å². The van der Waals surface area contributed by atoms with E-state index in [4.69, 9.17) is 13.6 Å². The molecule has 0 unspecified atom stereocenters. The molecule has 0 aliphatic carbocycles. The number of nitrogens with one attached hydrogen (secondary N) is 1. The highest BCUT2D eigenvalue weighted by Gasteiger charge is 2.11. The Hall–Kier alpha value is -3.74. The van der Waals surface area contributed by atoms with Gasteiger partial charge in [0.1, 0.15) is 11.5 Å². The monoisotopic (exact) mass is 406 g/mol. The van der Waals surface area contributed by atoms with Crippen molar-refractivity contribution in [3.63, 3.8) is 0 Å². The summed E-state index contributed by atoms with van der Waals surface area (Å²) in [6.45, 7) is 2.40. The average Bonchev–Trinajstić information content (AvgIpc) is 3.29. The van der Waals surface area contributed by atoms with Crippen molar-refractivity contribution in [1.29, 1.82) is 0 Å². The van der Waals surface area contributed by atoms with E-state index in [0.29, 0.717) is 31.8 Å². The number of benzene rings is 2. The Morgan fingerprint density at radius 3 is 2.47 bits per heavy atom. The Morgan fingerprint density at radius 2 is 1.77 bits per heavy atom. The Kier molecular flexibility index (Phi) is 5.70. The van der Waals surface area contributed by atoms with Crippen LogP contribution >= 0.6 is 0 Å². The van der Waals surface area contributed by atoms with Gasteiger partial charge in [0.15, 0.2) is 5.76 Å². The minimum Gasteiger partial charge on any atom is -0.493 e. The van der Waals surface area contributed by atoms with E-state index in [1.54, 1.807) is 0 Å². The molecule has 0 bridgehead atoms. The highest BCUT2D eigenvalue weighted by molar-refractivity contribution is 5.53. The number of nitrogens with zero attached hydrogens (tertiary/aromatic N) is 1. The second kappa shape index (κ2) is 8.73. The third-order valence-electron chi connectivity index (χ3n) is 4.79. The normalized spacial score (nSPS) is 11.0. The first-order chi connectivity index (χ1) is 14.6. The zero-order valence-electron chi connectivity index (χ0n) is 16.6. The van der Waals surface area contributed by atoms with Crippen molar-refractivity contribution in [1.82, 2.24) is 9.97 Å². The molecule has 0 saturated heterocycles. The number of rotatable bonds is 8. The van der Waals surface area contributed by atoms with Crippen LogP contribution in [-0.4, -0.2) is 21.7 Å². The summed E-state index contributed by atoms with van der Waals surface area (Å²) in [5, 5.41) is 9.55. The quantitative estimate of drug-likeness (QED) is 0.458. The molecule has 154 valence electrons. The number of ether oxygens (including phenoxy) is 1. The van der Waals surface area contributed by atoms with Crippen LogP contribution in [0.2, 0.25) is 0 Å². The lowest BCUT2D eigenvalue weighted by Gasteiger charge is -2.06. The van der Waals surface area contributed by atoms with Crippen LogP contribution in [0.15, 0.2) is 68.2 Å². The van der Waals surface area contributed by atoms with Crippen LogP contribution in [0.4, 0.5) is 0 Å². The first kappa shape index (κ1) is 19.6. The number of hydrogen-bond acceptors (Lipinski definition) is 6. The van der Waals surface area contributed by atoms with E-state index >= 15 is 0 Å². The molecule has 2 heterocycles. The molecule has 0 radical (unpaired) electrons. The Morgan fingerprint density at radius 1 is 1.00 bits per heavy atom. The van der Waals surface area contributed by atoms with E-state index in [1.165, 1.54) is 0 Å². The minimum atomic E-state index is -0.649. The van der Waals surface area contributed by atoms with Gasteiger partial charge in [-0.15, -0.1) is 0 Å².